The minimum atomic E-state index is 1.08. The minimum absolute atomic E-state index is 1.08. The van der Waals surface area contributed by atoms with Gasteiger partial charge in [-0.05, 0) is 30.5 Å². The molecule has 0 bridgehead atoms. The third-order valence-corrected chi connectivity index (χ3v) is 3.23. The molecular weight excluding hydrogens is 202 g/mol. The highest BCUT2D eigenvalue weighted by Gasteiger charge is 2.13. The van der Waals surface area contributed by atoms with Crippen LogP contribution in [-0.2, 0) is 6.42 Å². The molecule has 0 unspecified atom stereocenters. The number of anilines is 1. The Balaban J connectivity index is 2.62. The first-order chi connectivity index (χ1) is 5.29. The summed E-state index contributed by atoms with van der Waals surface area (Å²) in [5.74, 6) is 0. The van der Waals surface area contributed by atoms with E-state index < -0.39 is 0 Å². The molecule has 1 heterocycles. The molecule has 0 atom stereocenters. The summed E-state index contributed by atoms with van der Waals surface area (Å²) in [6.07, 6.45) is 1.15. The van der Waals surface area contributed by atoms with Gasteiger partial charge in [-0.1, -0.05) is 22.0 Å². The molecule has 1 aliphatic rings. The lowest BCUT2D eigenvalue weighted by molar-refractivity contribution is 1.10. The van der Waals surface area contributed by atoms with E-state index in [0.29, 0.717) is 0 Å². The molecule has 0 radical (unpaired) electrons. The van der Waals surface area contributed by atoms with Crippen LogP contribution in [-0.4, -0.2) is 6.54 Å². The van der Waals surface area contributed by atoms with E-state index in [0.717, 1.165) is 13.0 Å². The molecule has 2 heteroatoms. The number of fused-ring (bicyclic) bond motifs is 1. The standard InChI is InChI=1S/C9H10BrN/c1-6-2-3-8-7(9(6)10)4-5-11-8/h2-3,11H,4-5H2,1H3. The summed E-state index contributed by atoms with van der Waals surface area (Å²) >= 11 is 3.59. The van der Waals surface area contributed by atoms with E-state index in [1.54, 1.807) is 0 Å². The minimum Gasteiger partial charge on any atom is -0.384 e. The first-order valence-corrected chi connectivity index (χ1v) is 4.60. The van der Waals surface area contributed by atoms with Gasteiger partial charge in [0.25, 0.3) is 0 Å². The number of hydrogen-bond donors (Lipinski definition) is 1. The highest BCUT2D eigenvalue weighted by molar-refractivity contribution is 9.10. The largest absolute Gasteiger partial charge is 0.384 e. The molecule has 1 nitrogen and oxygen atoms in total. The van der Waals surface area contributed by atoms with Gasteiger partial charge in [-0.15, -0.1) is 0 Å². The average Bonchev–Trinajstić information content (AvgIpc) is 2.45. The van der Waals surface area contributed by atoms with E-state index in [2.05, 4.69) is 40.3 Å². The Morgan fingerprint density at radius 2 is 2.27 bits per heavy atom. The summed E-state index contributed by atoms with van der Waals surface area (Å²) in [7, 11) is 0. The molecule has 1 aromatic carbocycles. The van der Waals surface area contributed by atoms with E-state index in [1.165, 1.54) is 21.3 Å². The fourth-order valence-corrected chi connectivity index (χ4v) is 2.01. The Morgan fingerprint density at radius 1 is 1.45 bits per heavy atom. The van der Waals surface area contributed by atoms with Crippen LogP contribution in [0.25, 0.3) is 0 Å². The quantitative estimate of drug-likeness (QED) is 0.697. The fourth-order valence-electron chi connectivity index (χ4n) is 1.47. The van der Waals surface area contributed by atoms with E-state index >= 15 is 0 Å². The van der Waals surface area contributed by atoms with Gasteiger partial charge in [-0.3, -0.25) is 0 Å². The maximum atomic E-state index is 3.59. The van der Waals surface area contributed by atoms with E-state index in [9.17, 15) is 0 Å². The maximum Gasteiger partial charge on any atom is 0.0385 e. The van der Waals surface area contributed by atoms with Crippen molar-refractivity contribution < 1.29 is 0 Å². The van der Waals surface area contributed by atoms with Crippen LogP contribution in [0.1, 0.15) is 11.1 Å². The molecule has 58 valence electrons. The molecule has 1 aliphatic heterocycles. The van der Waals surface area contributed by atoms with Crippen molar-refractivity contribution in [3.05, 3.63) is 27.7 Å². The third-order valence-electron chi connectivity index (χ3n) is 2.13. The molecule has 11 heavy (non-hydrogen) atoms. The number of aryl methyl sites for hydroxylation is 1. The highest BCUT2D eigenvalue weighted by atomic mass is 79.9. The van der Waals surface area contributed by atoms with Crippen LogP contribution in [0.4, 0.5) is 5.69 Å². The SMILES string of the molecule is Cc1ccc2c(c1Br)CCN2. The van der Waals surface area contributed by atoms with E-state index in [1.807, 2.05) is 0 Å². The summed E-state index contributed by atoms with van der Waals surface area (Å²) in [6, 6.07) is 4.30. The van der Waals surface area contributed by atoms with Gasteiger partial charge in [0.1, 0.15) is 0 Å². The fraction of sp³-hybridized carbons (Fsp3) is 0.333. The number of benzene rings is 1. The second-order valence-corrected chi connectivity index (χ2v) is 3.69. The van der Waals surface area contributed by atoms with Crippen molar-refractivity contribution in [2.75, 3.05) is 11.9 Å². The zero-order valence-electron chi connectivity index (χ0n) is 6.45. The number of rotatable bonds is 0. The summed E-state index contributed by atoms with van der Waals surface area (Å²) in [5, 5.41) is 3.34. The van der Waals surface area contributed by atoms with Crippen molar-refractivity contribution in [3.63, 3.8) is 0 Å². The Bertz CT molecular complexity index is 294. The van der Waals surface area contributed by atoms with Gasteiger partial charge in [0.05, 0.1) is 0 Å². The first-order valence-electron chi connectivity index (χ1n) is 3.81. The Hall–Kier alpha value is -0.500. The molecule has 0 spiro atoms. The normalized spacial score (nSPS) is 14.4. The molecule has 2 rings (SSSR count). The van der Waals surface area contributed by atoms with Crippen molar-refractivity contribution in [3.8, 4) is 0 Å². The second kappa shape index (κ2) is 2.52. The predicted molar refractivity (Wildman–Crippen MR) is 51.1 cm³/mol. The Labute approximate surface area is 74.9 Å². The number of nitrogens with one attached hydrogen (secondary N) is 1. The molecule has 0 saturated carbocycles. The smallest absolute Gasteiger partial charge is 0.0385 e. The summed E-state index contributed by atoms with van der Waals surface area (Å²) in [6.45, 7) is 3.21. The van der Waals surface area contributed by atoms with Gasteiger partial charge >= 0.3 is 0 Å². The molecule has 0 aromatic heterocycles. The lowest BCUT2D eigenvalue weighted by atomic mass is 10.1. The molecular formula is C9H10BrN. The lowest BCUT2D eigenvalue weighted by Gasteiger charge is -2.04. The van der Waals surface area contributed by atoms with Crippen LogP contribution in [0.2, 0.25) is 0 Å². The monoisotopic (exact) mass is 211 g/mol. The maximum absolute atomic E-state index is 3.59. The van der Waals surface area contributed by atoms with Crippen molar-refractivity contribution >= 4 is 21.6 Å². The summed E-state index contributed by atoms with van der Waals surface area (Å²) in [4.78, 5) is 0. The zero-order valence-corrected chi connectivity index (χ0v) is 8.03. The third kappa shape index (κ3) is 1.06. The molecule has 1 N–H and O–H groups in total. The van der Waals surface area contributed by atoms with Gasteiger partial charge in [0.15, 0.2) is 0 Å². The van der Waals surface area contributed by atoms with Gasteiger partial charge in [-0.25, -0.2) is 0 Å². The lowest BCUT2D eigenvalue weighted by Crippen LogP contribution is -1.90. The van der Waals surface area contributed by atoms with E-state index in [-0.39, 0.29) is 0 Å². The van der Waals surface area contributed by atoms with Crippen LogP contribution >= 0.6 is 15.9 Å². The van der Waals surface area contributed by atoms with Crippen LogP contribution in [0, 0.1) is 6.92 Å². The molecule has 0 fully saturated rings. The number of halogens is 1. The zero-order chi connectivity index (χ0) is 7.84. The van der Waals surface area contributed by atoms with Gasteiger partial charge in [0.2, 0.25) is 0 Å². The van der Waals surface area contributed by atoms with Crippen LogP contribution < -0.4 is 5.32 Å². The molecule has 0 saturated heterocycles. The van der Waals surface area contributed by atoms with Gasteiger partial charge in [-0.2, -0.15) is 0 Å². The molecule has 0 amide bonds. The Kier molecular flexibility index (Phi) is 1.64. The van der Waals surface area contributed by atoms with E-state index in [4.69, 9.17) is 0 Å². The topological polar surface area (TPSA) is 12.0 Å². The van der Waals surface area contributed by atoms with Gasteiger partial charge < -0.3 is 5.32 Å². The van der Waals surface area contributed by atoms with Crippen molar-refractivity contribution in [1.82, 2.24) is 0 Å². The first kappa shape index (κ1) is 7.17. The highest BCUT2D eigenvalue weighted by Crippen LogP contribution is 2.31. The summed E-state index contributed by atoms with van der Waals surface area (Å²) < 4.78 is 1.28. The predicted octanol–water partition coefficient (Wildman–Crippen LogP) is 2.73. The Morgan fingerprint density at radius 3 is 3.09 bits per heavy atom. The van der Waals surface area contributed by atoms with Crippen LogP contribution in [0.15, 0.2) is 16.6 Å². The molecule has 1 aromatic rings. The van der Waals surface area contributed by atoms with Crippen molar-refractivity contribution in [1.29, 1.82) is 0 Å². The van der Waals surface area contributed by atoms with Crippen LogP contribution in [0.3, 0.4) is 0 Å². The van der Waals surface area contributed by atoms with Crippen molar-refractivity contribution in [2.45, 2.75) is 13.3 Å². The molecule has 0 aliphatic carbocycles. The second-order valence-electron chi connectivity index (χ2n) is 2.90. The average molecular weight is 212 g/mol. The van der Waals surface area contributed by atoms with Crippen LogP contribution in [0.5, 0.6) is 0 Å². The van der Waals surface area contributed by atoms with Gasteiger partial charge in [0, 0.05) is 16.7 Å². The summed E-state index contributed by atoms with van der Waals surface area (Å²) in [5.41, 5.74) is 4.06. The number of hydrogen-bond acceptors (Lipinski definition) is 1. The van der Waals surface area contributed by atoms with Crippen molar-refractivity contribution in [2.24, 2.45) is 0 Å².